The van der Waals surface area contributed by atoms with E-state index in [0.29, 0.717) is 11.4 Å². The van der Waals surface area contributed by atoms with Gasteiger partial charge in [0.25, 0.3) is 0 Å². The number of rotatable bonds is 4. The minimum Gasteiger partial charge on any atom is -0.450 e. The van der Waals surface area contributed by atoms with Crippen LogP contribution in [0, 0.1) is 10.1 Å². The van der Waals surface area contributed by atoms with Crippen LogP contribution in [0.3, 0.4) is 0 Å². The third-order valence-corrected chi connectivity index (χ3v) is 2.42. The largest absolute Gasteiger partial charge is 0.450 e. The van der Waals surface area contributed by atoms with E-state index < -0.39 is 4.92 Å². The molecule has 2 rings (SSSR count). The molecular formula is C13H12N2O3. The average Bonchev–Trinajstić information content (AvgIpc) is 2.39. The molecule has 0 aliphatic rings. The predicted molar refractivity (Wildman–Crippen MR) is 69.2 cm³/mol. The molecule has 5 heteroatoms. The second-order valence-electron chi connectivity index (χ2n) is 3.57. The van der Waals surface area contributed by atoms with Crippen molar-refractivity contribution in [2.75, 3.05) is 12.4 Å². The monoisotopic (exact) mass is 244 g/mol. The van der Waals surface area contributed by atoms with E-state index in [1.165, 1.54) is 0 Å². The summed E-state index contributed by atoms with van der Waals surface area (Å²) in [4.78, 5) is 10.6. The third-order valence-electron chi connectivity index (χ3n) is 2.42. The standard InChI is InChI=1S/C13H12N2O3/c1-14-11-8-5-9-12(13(11)15(16)17)18-10-6-3-2-4-7-10/h2-9,14H,1H3. The maximum absolute atomic E-state index is 11.1. The Morgan fingerprint density at radius 3 is 2.44 bits per heavy atom. The van der Waals surface area contributed by atoms with Gasteiger partial charge >= 0.3 is 5.69 Å². The van der Waals surface area contributed by atoms with Gasteiger partial charge < -0.3 is 10.1 Å². The number of para-hydroxylation sites is 2. The number of ether oxygens (including phenoxy) is 1. The van der Waals surface area contributed by atoms with Crippen LogP contribution in [0.15, 0.2) is 48.5 Å². The molecule has 18 heavy (non-hydrogen) atoms. The van der Waals surface area contributed by atoms with Crippen LogP contribution in [-0.2, 0) is 0 Å². The first kappa shape index (κ1) is 11.9. The number of nitrogens with one attached hydrogen (secondary N) is 1. The van der Waals surface area contributed by atoms with Crippen LogP contribution >= 0.6 is 0 Å². The first-order valence-corrected chi connectivity index (χ1v) is 5.40. The van der Waals surface area contributed by atoms with Crippen LogP contribution in [-0.4, -0.2) is 12.0 Å². The van der Waals surface area contributed by atoms with Crippen molar-refractivity contribution in [3.8, 4) is 11.5 Å². The van der Waals surface area contributed by atoms with E-state index in [2.05, 4.69) is 5.32 Å². The number of hydrogen-bond acceptors (Lipinski definition) is 4. The summed E-state index contributed by atoms with van der Waals surface area (Å²) in [6.45, 7) is 0. The van der Waals surface area contributed by atoms with E-state index in [9.17, 15) is 10.1 Å². The number of benzene rings is 2. The lowest BCUT2D eigenvalue weighted by Crippen LogP contribution is -1.99. The Bertz CT molecular complexity index is 555. The van der Waals surface area contributed by atoms with Gasteiger partial charge in [0.15, 0.2) is 0 Å². The van der Waals surface area contributed by atoms with Gasteiger partial charge in [-0.05, 0) is 24.3 Å². The zero-order valence-electron chi connectivity index (χ0n) is 9.79. The maximum atomic E-state index is 11.1. The summed E-state index contributed by atoms with van der Waals surface area (Å²) in [6, 6.07) is 13.9. The van der Waals surface area contributed by atoms with Gasteiger partial charge in [-0.15, -0.1) is 0 Å². The van der Waals surface area contributed by atoms with E-state index in [4.69, 9.17) is 4.74 Å². The van der Waals surface area contributed by atoms with Crippen LogP contribution in [0.4, 0.5) is 11.4 Å². The average molecular weight is 244 g/mol. The van der Waals surface area contributed by atoms with Crippen molar-refractivity contribution in [2.45, 2.75) is 0 Å². The lowest BCUT2D eigenvalue weighted by atomic mass is 10.2. The molecule has 0 saturated heterocycles. The van der Waals surface area contributed by atoms with Crippen LogP contribution < -0.4 is 10.1 Å². The van der Waals surface area contributed by atoms with Crippen molar-refractivity contribution >= 4 is 11.4 Å². The molecule has 92 valence electrons. The van der Waals surface area contributed by atoms with Crippen molar-refractivity contribution in [3.05, 3.63) is 58.6 Å². The number of nitro benzene ring substituents is 1. The van der Waals surface area contributed by atoms with Crippen LogP contribution in [0.5, 0.6) is 11.5 Å². The highest BCUT2D eigenvalue weighted by Crippen LogP contribution is 2.36. The summed E-state index contributed by atoms with van der Waals surface area (Å²) in [7, 11) is 1.63. The number of anilines is 1. The van der Waals surface area contributed by atoms with Crippen LogP contribution in [0.25, 0.3) is 0 Å². The fraction of sp³-hybridized carbons (Fsp3) is 0.0769. The highest BCUT2D eigenvalue weighted by atomic mass is 16.6. The molecule has 0 unspecified atom stereocenters. The van der Waals surface area contributed by atoms with E-state index in [1.54, 1.807) is 37.4 Å². The molecule has 2 aromatic rings. The summed E-state index contributed by atoms with van der Waals surface area (Å²) < 4.78 is 5.53. The molecule has 0 fully saturated rings. The number of nitro groups is 1. The Hall–Kier alpha value is -2.56. The smallest absolute Gasteiger partial charge is 0.334 e. The Labute approximate surface area is 104 Å². The predicted octanol–water partition coefficient (Wildman–Crippen LogP) is 3.43. The molecule has 1 N–H and O–H groups in total. The first-order valence-electron chi connectivity index (χ1n) is 5.40. The molecule has 5 nitrogen and oxygen atoms in total. The highest BCUT2D eigenvalue weighted by Gasteiger charge is 2.20. The molecule has 0 aliphatic heterocycles. The van der Waals surface area contributed by atoms with E-state index in [0.717, 1.165) is 0 Å². The van der Waals surface area contributed by atoms with Crippen molar-refractivity contribution in [1.82, 2.24) is 0 Å². The van der Waals surface area contributed by atoms with Crippen molar-refractivity contribution in [1.29, 1.82) is 0 Å². The second kappa shape index (κ2) is 5.18. The van der Waals surface area contributed by atoms with Crippen molar-refractivity contribution in [3.63, 3.8) is 0 Å². The first-order chi connectivity index (χ1) is 8.72. The molecule has 0 atom stereocenters. The van der Waals surface area contributed by atoms with E-state index in [1.807, 2.05) is 18.2 Å². The third kappa shape index (κ3) is 2.40. The van der Waals surface area contributed by atoms with Crippen molar-refractivity contribution < 1.29 is 9.66 Å². The molecule has 0 radical (unpaired) electrons. The van der Waals surface area contributed by atoms with Gasteiger partial charge in [-0.25, -0.2) is 0 Å². The normalized spacial score (nSPS) is 9.83. The number of hydrogen-bond donors (Lipinski definition) is 1. The Kier molecular flexibility index (Phi) is 3.43. The SMILES string of the molecule is CNc1cccc(Oc2ccccc2)c1[N+](=O)[O-]. The summed E-state index contributed by atoms with van der Waals surface area (Å²) in [5.41, 5.74) is 0.359. The van der Waals surface area contributed by atoms with Gasteiger partial charge in [0, 0.05) is 7.05 Å². The zero-order chi connectivity index (χ0) is 13.0. The van der Waals surface area contributed by atoms with Gasteiger partial charge in [-0.2, -0.15) is 0 Å². The topological polar surface area (TPSA) is 64.4 Å². The summed E-state index contributed by atoms with van der Waals surface area (Å²) in [5.74, 6) is 0.784. The molecule has 0 amide bonds. The van der Waals surface area contributed by atoms with Crippen molar-refractivity contribution in [2.24, 2.45) is 0 Å². The number of nitrogens with zero attached hydrogens (tertiary/aromatic N) is 1. The minimum absolute atomic E-state index is 0.0659. The van der Waals surface area contributed by atoms with Gasteiger partial charge in [-0.3, -0.25) is 10.1 Å². The summed E-state index contributed by atoms with van der Waals surface area (Å²) >= 11 is 0. The molecule has 2 aromatic carbocycles. The lowest BCUT2D eigenvalue weighted by molar-refractivity contribution is -0.384. The molecule has 0 saturated carbocycles. The van der Waals surface area contributed by atoms with Gasteiger partial charge in [-0.1, -0.05) is 24.3 Å². The fourth-order valence-corrected chi connectivity index (χ4v) is 1.61. The summed E-state index contributed by atoms with van der Waals surface area (Å²) in [5, 5.41) is 13.9. The van der Waals surface area contributed by atoms with Gasteiger partial charge in [0.2, 0.25) is 5.75 Å². The molecule has 0 bridgehead atoms. The van der Waals surface area contributed by atoms with E-state index >= 15 is 0 Å². The highest BCUT2D eigenvalue weighted by molar-refractivity contribution is 5.68. The summed E-state index contributed by atoms with van der Waals surface area (Å²) in [6.07, 6.45) is 0. The lowest BCUT2D eigenvalue weighted by Gasteiger charge is -2.08. The van der Waals surface area contributed by atoms with Gasteiger partial charge in [0.05, 0.1) is 4.92 Å². The minimum atomic E-state index is -0.454. The van der Waals surface area contributed by atoms with Gasteiger partial charge in [0.1, 0.15) is 11.4 Å². The molecule has 0 heterocycles. The Morgan fingerprint density at radius 1 is 1.11 bits per heavy atom. The Balaban J connectivity index is 2.42. The second-order valence-corrected chi connectivity index (χ2v) is 3.57. The zero-order valence-corrected chi connectivity index (χ0v) is 9.79. The molecule has 0 aliphatic carbocycles. The fourth-order valence-electron chi connectivity index (χ4n) is 1.61. The maximum Gasteiger partial charge on any atom is 0.334 e. The molecular weight excluding hydrogens is 232 g/mol. The van der Waals surface area contributed by atoms with E-state index in [-0.39, 0.29) is 11.4 Å². The molecule has 0 aromatic heterocycles. The Morgan fingerprint density at radius 2 is 1.83 bits per heavy atom. The van der Waals surface area contributed by atoms with Crippen LogP contribution in [0.2, 0.25) is 0 Å². The quantitative estimate of drug-likeness (QED) is 0.661. The van der Waals surface area contributed by atoms with Crippen LogP contribution in [0.1, 0.15) is 0 Å². The molecule has 0 spiro atoms.